The van der Waals surface area contributed by atoms with Gasteiger partial charge in [0.15, 0.2) is 0 Å². The van der Waals surface area contributed by atoms with Gasteiger partial charge in [-0.3, -0.25) is 9.69 Å². The van der Waals surface area contributed by atoms with Crippen molar-refractivity contribution < 1.29 is 9.53 Å². The second-order valence-electron chi connectivity index (χ2n) is 8.65. The molecule has 158 valence electrons. The Balaban J connectivity index is 1.36. The van der Waals surface area contributed by atoms with E-state index < -0.39 is 5.97 Å². The second-order valence-corrected chi connectivity index (χ2v) is 8.65. The van der Waals surface area contributed by atoms with Gasteiger partial charge in [-0.2, -0.15) is 0 Å². The highest BCUT2D eigenvalue weighted by Crippen LogP contribution is 2.36. The minimum Gasteiger partial charge on any atom is -0.465 e. The lowest BCUT2D eigenvalue weighted by Crippen LogP contribution is -2.48. The van der Waals surface area contributed by atoms with Crippen LogP contribution in [0.15, 0.2) is 29.3 Å². The van der Waals surface area contributed by atoms with Crippen LogP contribution in [0.4, 0.5) is 5.95 Å². The molecule has 2 atom stereocenters. The zero-order valence-corrected chi connectivity index (χ0v) is 17.3. The molecule has 8 heteroatoms. The third-order valence-corrected chi connectivity index (χ3v) is 6.62. The zero-order valence-electron chi connectivity index (χ0n) is 17.3. The van der Waals surface area contributed by atoms with E-state index in [4.69, 9.17) is 4.74 Å². The molecule has 2 saturated heterocycles. The number of hydrogen-bond donors (Lipinski definition) is 0. The van der Waals surface area contributed by atoms with E-state index in [0.29, 0.717) is 17.4 Å². The molecule has 2 aromatic heterocycles. The van der Waals surface area contributed by atoms with Gasteiger partial charge in [-0.15, -0.1) is 0 Å². The van der Waals surface area contributed by atoms with Crippen LogP contribution in [-0.2, 0) is 17.8 Å². The number of rotatable bonds is 4. The van der Waals surface area contributed by atoms with Crippen molar-refractivity contribution in [2.45, 2.75) is 38.3 Å². The van der Waals surface area contributed by atoms with Gasteiger partial charge in [0.1, 0.15) is 0 Å². The standard InChI is InChI=1S/C22H27N5O3/c1-30-21(29)18-9-23-22(24-10-18)26-11-15-8-17(14-26)19-5-4-16(20(28)27(19)12-15)13-25-6-2-3-7-25/h4-5,9-10,15,17H,2-3,6-8,11-14H2,1H3/t15-,17+/m0/s1. The summed E-state index contributed by atoms with van der Waals surface area (Å²) in [5.74, 6) is 0.865. The first kappa shape index (κ1) is 19.2. The van der Waals surface area contributed by atoms with Crippen LogP contribution < -0.4 is 10.5 Å². The predicted octanol–water partition coefficient (Wildman–Crippen LogP) is 1.64. The fourth-order valence-electron chi connectivity index (χ4n) is 5.16. The molecule has 0 aromatic carbocycles. The smallest absolute Gasteiger partial charge is 0.341 e. The van der Waals surface area contributed by atoms with Gasteiger partial charge in [0.25, 0.3) is 5.56 Å². The van der Waals surface area contributed by atoms with Crippen molar-refractivity contribution in [2.24, 2.45) is 5.92 Å². The molecule has 0 N–H and O–H groups in total. The van der Waals surface area contributed by atoms with E-state index in [1.807, 2.05) is 10.6 Å². The Hall–Kier alpha value is -2.74. The number of carbonyl (C=O) groups is 1. The Morgan fingerprint density at radius 3 is 2.63 bits per heavy atom. The Bertz CT molecular complexity index is 997. The summed E-state index contributed by atoms with van der Waals surface area (Å²) < 4.78 is 6.73. The van der Waals surface area contributed by atoms with Gasteiger partial charge < -0.3 is 14.2 Å². The molecule has 3 aliphatic rings. The topological polar surface area (TPSA) is 80.6 Å². The highest BCUT2D eigenvalue weighted by molar-refractivity contribution is 5.88. The van der Waals surface area contributed by atoms with E-state index in [9.17, 15) is 9.59 Å². The number of aromatic nitrogens is 3. The molecule has 0 spiro atoms. The molecule has 0 radical (unpaired) electrons. The van der Waals surface area contributed by atoms with Crippen LogP contribution >= 0.6 is 0 Å². The molecule has 0 saturated carbocycles. The minimum atomic E-state index is -0.435. The van der Waals surface area contributed by atoms with E-state index in [-0.39, 0.29) is 11.5 Å². The number of fused-ring (bicyclic) bond motifs is 4. The molecule has 2 bridgehead atoms. The van der Waals surface area contributed by atoms with Crippen LogP contribution in [0.3, 0.4) is 0 Å². The van der Waals surface area contributed by atoms with Crippen molar-refractivity contribution in [1.82, 2.24) is 19.4 Å². The van der Waals surface area contributed by atoms with Crippen LogP contribution in [0.1, 0.15) is 46.8 Å². The number of methoxy groups -OCH3 is 1. The molecule has 0 unspecified atom stereocenters. The average molecular weight is 409 g/mol. The van der Waals surface area contributed by atoms with Crippen molar-refractivity contribution in [1.29, 1.82) is 0 Å². The Labute approximate surface area is 175 Å². The quantitative estimate of drug-likeness (QED) is 0.710. The minimum absolute atomic E-state index is 0.182. The molecule has 3 aliphatic heterocycles. The van der Waals surface area contributed by atoms with Gasteiger partial charge in [-0.25, -0.2) is 14.8 Å². The first-order valence-corrected chi connectivity index (χ1v) is 10.7. The third kappa shape index (κ3) is 3.49. The number of nitrogens with zero attached hydrogens (tertiary/aromatic N) is 5. The number of anilines is 1. The third-order valence-electron chi connectivity index (χ3n) is 6.62. The highest BCUT2D eigenvalue weighted by atomic mass is 16.5. The maximum absolute atomic E-state index is 13.2. The number of piperidine rings is 1. The lowest BCUT2D eigenvalue weighted by atomic mass is 9.83. The summed E-state index contributed by atoms with van der Waals surface area (Å²) in [6, 6.07) is 4.19. The number of likely N-dealkylation sites (tertiary alicyclic amines) is 1. The summed E-state index contributed by atoms with van der Waals surface area (Å²) in [6.07, 6.45) is 6.58. The van der Waals surface area contributed by atoms with Gasteiger partial charge in [-0.1, -0.05) is 6.07 Å². The average Bonchev–Trinajstić information content (AvgIpc) is 3.29. The van der Waals surface area contributed by atoms with Crippen LogP contribution in [0.5, 0.6) is 0 Å². The largest absolute Gasteiger partial charge is 0.465 e. The Kier molecular flexibility index (Phi) is 5.02. The second kappa shape index (κ2) is 7.83. The molecule has 0 amide bonds. The molecular weight excluding hydrogens is 382 g/mol. The van der Waals surface area contributed by atoms with Crippen molar-refractivity contribution in [3.05, 3.63) is 51.7 Å². The van der Waals surface area contributed by atoms with E-state index in [2.05, 4.69) is 25.8 Å². The van der Waals surface area contributed by atoms with Gasteiger partial charge in [0, 0.05) is 55.7 Å². The van der Waals surface area contributed by atoms with Crippen molar-refractivity contribution in [3.8, 4) is 0 Å². The zero-order chi connectivity index (χ0) is 20.7. The highest BCUT2D eigenvalue weighted by Gasteiger charge is 2.36. The van der Waals surface area contributed by atoms with E-state index in [1.165, 1.54) is 32.3 Å². The number of ether oxygens (including phenoxy) is 1. The van der Waals surface area contributed by atoms with E-state index in [1.54, 1.807) is 0 Å². The summed E-state index contributed by atoms with van der Waals surface area (Å²) in [4.78, 5) is 38.1. The summed E-state index contributed by atoms with van der Waals surface area (Å²) in [7, 11) is 1.35. The lowest BCUT2D eigenvalue weighted by Gasteiger charge is -2.43. The SMILES string of the molecule is COC(=O)c1cnc(N2C[C@@H]3C[C@H](C2)c2ccc(CN4CCCC4)c(=O)n2C3)nc1. The monoisotopic (exact) mass is 409 g/mol. The molecule has 2 fully saturated rings. The summed E-state index contributed by atoms with van der Waals surface area (Å²) >= 11 is 0. The normalized spacial score (nSPS) is 23.3. The fraction of sp³-hybridized carbons (Fsp3) is 0.545. The molecule has 30 heavy (non-hydrogen) atoms. The molecular formula is C22H27N5O3. The molecule has 5 rings (SSSR count). The first-order valence-electron chi connectivity index (χ1n) is 10.7. The van der Waals surface area contributed by atoms with Crippen LogP contribution in [0.2, 0.25) is 0 Å². The lowest BCUT2D eigenvalue weighted by molar-refractivity contribution is 0.0599. The predicted molar refractivity (Wildman–Crippen MR) is 112 cm³/mol. The van der Waals surface area contributed by atoms with Gasteiger partial charge >= 0.3 is 5.97 Å². The van der Waals surface area contributed by atoms with Crippen molar-refractivity contribution >= 4 is 11.9 Å². The molecule has 2 aromatic rings. The van der Waals surface area contributed by atoms with Crippen LogP contribution in [0.25, 0.3) is 0 Å². The van der Waals surface area contributed by atoms with Gasteiger partial charge in [0.2, 0.25) is 5.95 Å². The van der Waals surface area contributed by atoms with Gasteiger partial charge in [0.05, 0.1) is 12.7 Å². The van der Waals surface area contributed by atoms with Crippen molar-refractivity contribution in [2.75, 3.05) is 38.2 Å². The van der Waals surface area contributed by atoms with Crippen LogP contribution in [-0.4, -0.2) is 58.7 Å². The van der Waals surface area contributed by atoms with E-state index >= 15 is 0 Å². The molecule has 5 heterocycles. The number of esters is 1. The first-order chi connectivity index (χ1) is 14.6. The van der Waals surface area contributed by atoms with Gasteiger partial charge in [-0.05, 0) is 44.3 Å². The number of hydrogen-bond acceptors (Lipinski definition) is 7. The summed E-state index contributed by atoms with van der Waals surface area (Å²) in [5, 5.41) is 0. The Morgan fingerprint density at radius 2 is 1.90 bits per heavy atom. The molecule has 0 aliphatic carbocycles. The summed E-state index contributed by atoms with van der Waals surface area (Å²) in [5.41, 5.74) is 2.57. The van der Waals surface area contributed by atoms with E-state index in [0.717, 1.165) is 56.9 Å². The fourth-order valence-corrected chi connectivity index (χ4v) is 5.16. The molecule has 8 nitrogen and oxygen atoms in total. The Morgan fingerprint density at radius 1 is 1.13 bits per heavy atom. The van der Waals surface area contributed by atoms with Crippen molar-refractivity contribution in [3.63, 3.8) is 0 Å². The number of carbonyl (C=O) groups excluding carboxylic acids is 1. The maximum atomic E-state index is 13.2. The summed E-state index contributed by atoms with van der Waals surface area (Å²) in [6.45, 7) is 5.29. The number of pyridine rings is 1. The maximum Gasteiger partial charge on any atom is 0.341 e. The van der Waals surface area contributed by atoms with Crippen LogP contribution in [0, 0.1) is 5.92 Å².